The van der Waals surface area contributed by atoms with Crippen molar-refractivity contribution in [3.63, 3.8) is 0 Å². The van der Waals surface area contributed by atoms with Crippen molar-refractivity contribution >= 4 is 18.3 Å². The molecule has 0 amide bonds. The number of hydrogen-bond acceptors (Lipinski definition) is 6. The molecule has 0 radical (unpaired) electrons. The zero-order valence-electron chi connectivity index (χ0n) is 15.4. The third-order valence-corrected chi connectivity index (χ3v) is 3.25. The van der Waals surface area contributed by atoms with E-state index in [4.69, 9.17) is 4.74 Å². The van der Waals surface area contributed by atoms with Gasteiger partial charge in [-0.1, -0.05) is 13.8 Å². The number of ether oxygens (including phenoxy) is 2. The van der Waals surface area contributed by atoms with Crippen LogP contribution in [0.1, 0.15) is 25.0 Å². The fourth-order valence-electron chi connectivity index (χ4n) is 2.07. The Balaban J connectivity index is 2.06. The van der Waals surface area contributed by atoms with Crippen LogP contribution in [-0.4, -0.2) is 33.5 Å². The minimum Gasteiger partial charge on any atom is -0.434 e. The average Bonchev–Trinajstić information content (AvgIpc) is 3.06. The Morgan fingerprint density at radius 2 is 1.96 bits per heavy atom. The van der Waals surface area contributed by atoms with Crippen LogP contribution in [0.4, 0.5) is 18.0 Å². The summed E-state index contributed by atoms with van der Waals surface area (Å²) < 4.78 is 49.0. The quantitative estimate of drug-likeness (QED) is 0.430. The minimum absolute atomic E-state index is 0.0450. The molecule has 2 aromatic rings. The molecule has 0 spiro atoms. The molecule has 0 aliphatic heterocycles. The number of carbonyl (C=O) groups is 2. The van der Waals surface area contributed by atoms with Crippen LogP contribution >= 0.6 is 0 Å². The molecule has 0 unspecified atom stereocenters. The molecule has 1 heterocycles. The first-order valence-corrected chi connectivity index (χ1v) is 8.22. The van der Waals surface area contributed by atoms with Crippen LogP contribution in [0.25, 0.3) is 17.6 Å². The number of esters is 1. The summed E-state index contributed by atoms with van der Waals surface area (Å²) in [6, 6.07) is 3.47. The topological polar surface area (TPSA) is 83.3 Å². The van der Waals surface area contributed by atoms with E-state index in [-0.39, 0.29) is 23.9 Å². The van der Waals surface area contributed by atoms with Crippen molar-refractivity contribution in [2.75, 3.05) is 6.61 Å². The summed E-state index contributed by atoms with van der Waals surface area (Å²) in [4.78, 5) is 26.8. The molecule has 0 N–H and O–H groups in total. The lowest BCUT2D eigenvalue weighted by molar-refractivity contribution is -0.137. The number of nitrogens with zero attached hydrogens (tertiary/aromatic N) is 3. The number of aromatic nitrogens is 3. The molecular weight excluding hydrogens is 379 g/mol. The van der Waals surface area contributed by atoms with E-state index in [1.807, 2.05) is 13.8 Å². The molecule has 0 aliphatic carbocycles. The highest BCUT2D eigenvalue weighted by molar-refractivity contribution is 5.91. The van der Waals surface area contributed by atoms with Gasteiger partial charge in [-0.05, 0) is 36.6 Å². The summed E-state index contributed by atoms with van der Waals surface area (Å²) in [5.74, 6) is -0.851. The zero-order valence-corrected chi connectivity index (χ0v) is 15.4. The van der Waals surface area contributed by atoms with Gasteiger partial charge in [-0.2, -0.15) is 13.2 Å². The third-order valence-electron chi connectivity index (χ3n) is 3.25. The second kappa shape index (κ2) is 8.68. The molecule has 10 heteroatoms. The Bertz CT molecular complexity index is 888. The SMILES string of the molecule is Cc1cc(-c2ncn(C=CC(=O)OC(=O)OCC(C)C)n2)cc(C(F)(F)F)c1. The molecule has 1 aromatic carbocycles. The van der Waals surface area contributed by atoms with E-state index in [1.165, 1.54) is 19.3 Å². The van der Waals surface area contributed by atoms with E-state index in [0.717, 1.165) is 29.1 Å². The lowest BCUT2D eigenvalue weighted by Gasteiger charge is -2.09. The largest absolute Gasteiger partial charge is 0.516 e. The normalized spacial score (nSPS) is 11.8. The maximum Gasteiger partial charge on any atom is 0.516 e. The Hall–Kier alpha value is -3.17. The molecule has 28 heavy (non-hydrogen) atoms. The second-order valence-electron chi connectivity index (χ2n) is 6.33. The molecule has 0 fully saturated rings. The number of aryl methyl sites for hydroxylation is 1. The fourth-order valence-corrected chi connectivity index (χ4v) is 2.07. The van der Waals surface area contributed by atoms with Crippen molar-refractivity contribution in [3.8, 4) is 11.4 Å². The molecule has 0 bridgehead atoms. The maximum atomic E-state index is 12.9. The van der Waals surface area contributed by atoms with Gasteiger partial charge in [-0.3, -0.25) is 0 Å². The average molecular weight is 397 g/mol. The molecule has 0 aliphatic rings. The fraction of sp³-hybridized carbons (Fsp3) is 0.333. The van der Waals surface area contributed by atoms with E-state index in [0.29, 0.717) is 5.56 Å². The zero-order chi connectivity index (χ0) is 20.9. The van der Waals surface area contributed by atoms with E-state index in [2.05, 4.69) is 14.8 Å². The molecule has 7 nitrogen and oxygen atoms in total. The van der Waals surface area contributed by atoms with E-state index < -0.39 is 23.9 Å². The van der Waals surface area contributed by atoms with E-state index >= 15 is 0 Å². The number of halogens is 3. The number of carbonyl (C=O) groups excluding carboxylic acids is 2. The first kappa shape index (κ1) is 21.1. The van der Waals surface area contributed by atoms with Crippen LogP contribution in [0.2, 0.25) is 0 Å². The number of alkyl halides is 3. The van der Waals surface area contributed by atoms with Gasteiger partial charge in [0.15, 0.2) is 5.82 Å². The van der Waals surface area contributed by atoms with E-state index in [1.54, 1.807) is 0 Å². The summed E-state index contributed by atoms with van der Waals surface area (Å²) in [5.41, 5.74) is -0.225. The molecule has 150 valence electrons. The molecule has 0 atom stereocenters. The summed E-state index contributed by atoms with van der Waals surface area (Å²) in [6.07, 6.45) is -2.35. The molecule has 0 saturated carbocycles. The van der Waals surface area contributed by atoms with Gasteiger partial charge in [0.25, 0.3) is 0 Å². The highest BCUT2D eigenvalue weighted by Gasteiger charge is 2.31. The van der Waals surface area contributed by atoms with Crippen LogP contribution in [0.15, 0.2) is 30.6 Å². The number of hydrogen-bond donors (Lipinski definition) is 0. The van der Waals surface area contributed by atoms with Gasteiger partial charge in [0.05, 0.1) is 12.2 Å². The lowest BCUT2D eigenvalue weighted by Crippen LogP contribution is -2.14. The van der Waals surface area contributed by atoms with Crippen molar-refractivity contribution in [1.29, 1.82) is 0 Å². The Morgan fingerprint density at radius 1 is 1.25 bits per heavy atom. The van der Waals surface area contributed by atoms with Gasteiger partial charge in [0.2, 0.25) is 0 Å². The van der Waals surface area contributed by atoms with Gasteiger partial charge < -0.3 is 9.47 Å². The van der Waals surface area contributed by atoms with Gasteiger partial charge >= 0.3 is 18.3 Å². The van der Waals surface area contributed by atoms with Crippen molar-refractivity contribution in [2.45, 2.75) is 26.9 Å². The smallest absolute Gasteiger partial charge is 0.434 e. The van der Waals surface area contributed by atoms with Crippen LogP contribution in [0, 0.1) is 12.8 Å². The first-order valence-electron chi connectivity index (χ1n) is 8.22. The van der Waals surface area contributed by atoms with E-state index in [9.17, 15) is 22.8 Å². The predicted molar refractivity (Wildman–Crippen MR) is 92.8 cm³/mol. The van der Waals surface area contributed by atoms with Gasteiger partial charge in [0.1, 0.15) is 6.33 Å². The number of benzene rings is 1. The Kier molecular flexibility index (Phi) is 6.55. The second-order valence-corrected chi connectivity index (χ2v) is 6.33. The van der Waals surface area contributed by atoms with Gasteiger partial charge in [-0.25, -0.2) is 19.3 Å². The van der Waals surface area contributed by atoms with Crippen molar-refractivity contribution in [1.82, 2.24) is 14.8 Å². The Morgan fingerprint density at radius 3 is 2.61 bits per heavy atom. The van der Waals surface area contributed by atoms with Crippen LogP contribution in [-0.2, 0) is 20.4 Å². The Labute approximate surface area is 158 Å². The highest BCUT2D eigenvalue weighted by atomic mass is 19.4. The molecular formula is C18H18F3N3O4. The van der Waals surface area contributed by atoms with Gasteiger partial charge in [-0.15, -0.1) is 5.10 Å². The van der Waals surface area contributed by atoms with Crippen molar-refractivity contribution in [3.05, 3.63) is 41.7 Å². The van der Waals surface area contributed by atoms with Crippen molar-refractivity contribution in [2.24, 2.45) is 5.92 Å². The minimum atomic E-state index is -4.49. The molecule has 0 saturated heterocycles. The van der Waals surface area contributed by atoms with Gasteiger partial charge in [0, 0.05) is 17.8 Å². The highest BCUT2D eigenvalue weighted by Crippen LogP contribution is 2.32. The van der Waals surface area contributed by atoms with Crippen molar-refractivity contribution < 1.29 is 32.2 Å². The molecule has 1 aromatic heterocycles. The van der Waals surface area contributed by atoms with Crippen LogP contribution in [0.3, 0.4) is 0 Å². The molecule has 2 rings (SSSR count). The summed E-state index contributed by atoms with van der Waals surface area (Å²) >= 11 is 0. The predicted octanol–water partition coefficient (Wildman–Crippen LogP) is 4.08. The maximum absolute atomic E-state index is 12.9. The number of rotatable bonds is 5. The third kappa shape index (κ3) is 6.22. The first-order chi connectivity index (χ1) is 13.0. The monoisotopic (exact) mass is 397 g/mol. The summed E-state index contributed by atoms with van der Waals surface area (Å²) in [7, 11) is 0. The summed E-state index contributed by atoms with van der Waals surface area (Å²) in [6.45, 7) is 5.29. The van der Waals surface area contributed by atoms with Crippen LogP contribution in [0.5, 0.6) is 0 Å². The summed E-state index contributed by atoms with van der Waals surface area (Å²) in [5, 5.41) is 3.98. The standard InChI is InChI=1S/C18H18F3N3O4/c1-11(2)9-27-17(26)28-15(25)4-5-24-10-22-16(23-24)13-6-12(3)7-14(8-13)18(19,20)21/h4-8,10-11H,9H2,1-3H3. The van der Waals surface area contributed by atoms with Crippen LogP contribution < -0.4 is 0 Å². The lowest BCUT2D eigenvalue weighted by atomic mass is 10.1.